The van der Waals surface area contributed by atoms with Gasteiger partial charge in [0.05, 0.1) is 24.3 Å². The van der Waals surface area contributed by atoms with Crippen LogP contribution in [0.2, 0.25) is 0 Å². The molecular weight excluding hydrogens is 446 g/mol. The first kappa shape index (κ1) is 24.7. The third-order valence-electron chi connectivity index (χ3n) is 5.68. The summed E-state index contributed by atoms with van der Waals surface area (Å²) in [7, 11) is -0.362. The number of nitrogens with one attached hydrogen (secondary N) is 1. The molecule has 1 fully saturated rings. The Hall–Kier alpha value is -1.91. The molecule has 0 radical (unpaired) electrons. The molecule has 8 nitrogen and oxygen atoms in total. The second-order valence-corrected chi connectivity index (χ2v) is 11.9. The molecule has 0 spiro atoms. The van der Waals surface area contributed by atoms with Crippen LogP contribution in [0.3, 0.4) is 0 Å². The molecule has 1 amide bonds. The molecule has 178 valence electrons. The number of rotatable bonds is 8. The van der Waals surface area contributed by atoms with E-state index in [1.165, 1.54) is 15.4 Å². The van der Waals surface area contributed by atoms with Crippen LogP contribution < -0.4 is 9.03 Å². The van der Waals surface area contributed by atoms with Gasteiger partial charge < -0.3 is 4.90 Å². The van der Waals surface area contributed by atoms with E-state index in [0.29, 0.717) is 18.2 Å². The highest BCUT2D eigenvalue weighted by Gasteiger charge is 2.35. The van der Waals surface area contributed by atoms with Crippen molar-refractivity contribution < 1.29 is 13.2 Å². The molecule has 3 rings (SSSR count). The molecule has 1 aliphatic rings. The lowest BCUT2D eigenvalue weighted by Gasteiger charge is -2.37. The lowest BCUT2D eigenvalue weighted by atomic mass is 10.0. The van der Waals surface area contributed by atoms with E-state index in [4.69, 9.17) is 0 Å². The summed E-state index contributed by atoms with van der Waals surface area (Å²) in [5.41, 5.74) is 1.38. The molecule has 0 saturated carbocycles. The van der Waals surface area contributed by atoms with Crippen molar-refractivity contribution in [3.05, 3.63) is 33.8 Å². The Kier molecular flexibility index (Phi) is 7.67. The van der Waals surface area contributed by atoms with E-state index in [0.717, 1.165) is 29.8 Å². The summed E-state index contributed by atoms with van der Waals surface area (Å²) in [6.45, 7) is 9.96. The average molecular weight is 482 g/mol. The van der Waals surface area contributed by atoms with E-state index in [1.807, 2.05) is 13.1 Å². The summed E-state index contributed by atoms with van der Waals surface area (Å²) in [6.07, 6.45) is 4.87. The van der Waals surface area contributed by atoms with Gasteiger partial charge in [-0.3, -0.25) is 9.48 Å². The van der Waals surface area contributed by atoms with Crippen molar-refractivity contribution in [1.29, 1.82) is 0 Å². The Morgan fingerprint density at radius 2 is 2.00 bits per heavy atom. The lowest BCUT2D eigenvalue weighted by Crippen LogP contribution is -2.54. The van der Waals surface area contributed by atoms with Gasteiger partial charge in [0.1, 0.15) is 0 Å². The second-order valence-electron chi connectivity index (χ2n) is 9.28. The van der Waals surface area contributed by atoms with Gasteiger partial charge in [-0.1, -0.05) is 27.7 Å². The zero-order valence-electron chi connectivity index (χ0n) is 19.8. The highest BCUT2D eigenvalue weighted by Crippen LogP contribution is 2.34. The van der Waals surface area contributed by atoms with Gasteiger partial charge in [0.15, 0.2) is 0 Å². The van der Waals surface area contributed by atoms with E-state index in [1.54, 1.807) is 29.3 Å². The number of carbonyl (C=O) groups is 1. The fourth-order valence-electron chi connectivity index (χ4n) is 4.18. The van der Waals surface area contributed by atoms with Gasteiger partial charge in [-0.25, -0.2) is 9.03 Å². The molecular formula is C22H35N5O3S2. The average Bonchev–Trinajstić information content (AvgIpc) is 3.27. The Balaban J connectivity index is 1.84. The first-order valence-corrected chi connectivity index (χ1v) is 13.4. The number of piperidine rings is 1. The van der Waals surface area contributed by atoms with Gasteiger partial charge in [0.2, 0.25) is 5.91 Å². The van der Waals surface area contributed by atoms with Crippen LogP contribution in [0, 0.1) is 0 Å². The molecule has 10 heteroatoms. The second kappa shape index (κ2) is 9.93. The molecule has 0 bridgehead atoms. The minimum absolute atomic E-state index is 0.0431. The topological polar surface area (TPSA) is 87.5 Å². The summed E-state index contributed by atoms with van der Waals surface area (Å²) in [5, 5.41) is 4.15. The summed E-state index contributed by atoms with van der Waals surface area (Å²) >= 11 is 1.71. The fourth-order valence-corrected chi connectivity index (χ4v) is 6.76. The van der Waals surface area contributed by atoms with Crippen LogP contribution >= 0.6 is 11.3 Å². The molecule has 32 heavy (non-hydrogen) atoms. The summed E-state index contributed by atoms with van der Waals surface area (Å²) < 4.78 is 32.1. The van der Waals surface area contributed by atoms with Gasteiger partial charge in [-0.15, -0.1) is 11.3 Å². The van der Waals surface area contributed by atoms with E-state index >= 15 is 0 Å². The summed E-state index contributed by atoms with van der Waals surface area (Å²) in [4.78, 5) is 17.4. The number of aryl methyl sites for hydroxylation is 1. The molecule has 1 N–H and O–H groups in total. The van der Waals surface area contributed by atoms with Gasteiger partial charge in [-0.05, 0) is 49.9 Å². The highest BCUT2D eigenvalue weighted by molar-refractivity contribution is 7.91. The maximum Gasteiger partial charge on any atom is 0.326 e. The summed E-state index contributed by atoms with van der Waals surface area (Å²) in [5.74, 6) is 0.122. The largest absolute Gasteiger partial charge is 0.326 e. The van der Waals surface area contributed by atoms with Crippen LogP contribution in [0.15, 0.2) is 18.5 Å². The van der Waals surface area contributed by atoms with Gasteiger partial charge in [-0.2, -0.15) is 13.5 Å². The molecule has 2 aromatic rings. The zero-order valence-corrected chi connectivity index (χ0v) is 21.5. The van der Waals surface area contributed by atoms with Crippen LogP contribution in [0.4, 0.5) is 5.69 Å². The third-order valence-corrected chi connectivity index (χ3v) is 8.97. The Bertz CT molecular complexity index is 1040. The van der Waals surface area contributed by atoms with Crippen molar-refractivity contribution in [2.45, 2.75) is 64.8 Å². The first-order valence-electron chi connectivity index (χ1n) is 11.1. The number of likely N-dealkylation sites (tertiary alicyclic amines) is 1. The number of thiophene rings is 1. The maximum atomic E-state index is 13.4. The van der Waals surface area contributed by atoms with Crippen LogP contribution in [0.5, 0.6) is 0 Å². The van der Waals surface area contributed by atoms with E-state index < -0.39 is 16.1 Å². The van der Waals surface area contributed by atoms with Crippen LogP contribution in [-0.2, 0) is 28.5 Å². The fraction of sp³-hybridized carbons (Fsp3) is 0.636. The minimum atomic E-state index is -4.09. The minimum Gasteiger partial charge on any atom is -0.304 e. The van der Waals surface area contributed by atoms with Crippen molar-refractivity contribution in [3.63, 3.8) is 0 Å². The Morgan fingerprint density at radius 1 is 1.28 bits per heavy atom. The Morgan fingerprint density at radius 3 is 2.56 bits per heavy atom. The van der Waals surface area contributed by atoms with Crippen LogP contribution in [0.1, 0.15) is 67.7 Å². The number of aromatic nitrogens is 2. The molecule has 3 heterocycles. The molecule has 1 atom stereocenters. The van der Waals surface area contributed by atoms with Crippen molar-refractivity contribution in [2.24, 2.45) is 7.05 Å². The molecule has 0 aliphatic carbocycles. The van der Waals surface area contributed by atoms with E-state index in [9.17, 15) is 13.2 Å². The number of carbonyl (C=O) groups excluding carboxylic acids is 1. The predicted molar refractivity (Wildman–Crippen MR) is 129 cm³/mol. The molecule has 1 saturated heterocycles. The van der Waals surface area contributed by atoms with Crippen molar-refractivity contribution in [3.8, 4) is 0 Å². The van der Waals surface area contributed by atoms with Crippen LogP contribution in [0.25, 0.3) is 0 Å². The monoisotopic (exact) mass is 481 g/mol. The van der Waals surface area contributed by atoms with Gasteiger partial charge >= 0.3 is 10.2 Å². The smallest absolute Gasteiger partial charge is 0.304 e. The van der Waals surface area contributed by atoms with Crippen molar-refractivity contribution in [2.75, 3.05) is 24.4 Å². The normalized spacial score (nSPS) is 17.8. The van der Waals surface area contributed by atoms with Crippen molar-refractivity contribution >= 4 is 33.1 Å². The number of likely N-dealkylation sites (N-methyl/N-ethyl adjacent to an activating group) is 1. The quantitative estimate of drug-likeness (QED) is 0.625. The number of anilines is 1. The number of hydrogen-bond donors (Lipinski definition) is 1. The van der Waals surface area contributed by atoms with Gasteiger partial charge in [0.25, 0.3) is 0 Å². The van der Waals surface area contributed by atoms with E-state index in [-0.39, 0.29) is 18.4 Å². The lowest BCUT2D eigenvalue weighted by molar-refractivity contribution is -0.118. The highest BCUT2D eigenvalue weighted by atomic mass is 32.2. The molecule has 2 aromatic heterocycles. The predicted octanol–water partition coefficient (Wildman–Crippen LogP) is 3.23. The first-order chi connectivity index (χ1) is 15.0. The Labute approximate surface area is 195 Å². The molecule has 1 unspecified atom stereocenters. The number of nitrogens with zero attached hydrogens (tertiary/aromatic N) is 4. The molecule has 0 aromatic carbocycles. The molecule has 1 aliphatic heterocycles. The van der Waals surface area contributed by atoms with Crippen molar-refractivity contribution in [1.82, 2.24) is 19.4 Å². The standard InChI is InChI=1S/C22H35N5O3S2/c1-15(2)20-10-17(22(31-20)16(3)4)11-21(28)24-32(29,30)27(19-12-23-26(6)14-19)18-8-7-9-25(5)13-18/h10,12,14-16,18H,7-9,11,13H2,1-6H3,(H,24,28). The van der Waals surface area contributed by atoms with E-state index in [2.05, 4.69) is 42.4 Å². The SMILES string of the molecule is CC(C)c1cc(CC(=O)NS(=O)(=O)N(c2cnn(C)c2)C2CCCN(C)C2)c(C(C)C)s1. The van der Waals surface area contributed by atoms with Crippen LogP contribution in [-0.4, -0.2) is 55.2 Å². The summed E-state index contributed by atoms with van der Waals surface area (Å²) in [6, 6.07) is 1.79. The van der Waals surface area contributed by atoms with Gasteiger partial charge in [0, 0.05) is 29.5 Å². The zero-order chi connectivity index (χ0) is 23.6. The maximum absolute atomic E-state index is 13.4. The third kappa shape index (κ3) is 5.71. The number of amides is 1. The number of hydrogen-bond acceptors (Lipinski definition) is 6.